The maximum absolute atomic E-state index is 6.39. The molecule has 3 heteroatoms. The van der Waals surface area contributed by atoms with E-state index in [-0.39, 0.29) is 6.04 Å². The number of hydrogen-bond donors (Lipinski definition) is 1. The van der Waals surface area contributed by atoms with Crippen LogP contribution in [0.15, 0.2) is 30.3 Å². The molecule has 0 aliphatic carbocycles. The number of hydrogen-bond acceptors (Lipinski definition) is 3. The molecule has 4 atom stereocenters. The van der Waals surface area contributed by atoms with Crippen molar-refractivity contribution in [1.29, 1.82) is 0 Å². The van der Waals surface area contributed by atoms with E-state index in [2.05, 4.69) is 42.2 Å². The van der Waals surface area contributed by atoms with Gasteiger partial charge >= 0.3 is 0 Å². The van der Waals surface area contributed by atoms with Gasteiger partial charge in [-0.25, -0.2) is 0 Å². The summed E-state index contributed by atoms with van der Waals surface area (Å²) in [4.78, 5) is 2.57. The van der Waals surface area contributed by atoms with Gasteiger partial charge in [0.05, 0.1) is 6.10 Å². The Hall–Kier alpha value is -0.900. The molecule has 2 unspecified atom stereocenters. The van der Waals surface area contributed by atoms with Crippen LogP contribution in [-0.2, 0) is 4.74 Å². The van der Waals surface area contributed by atoms with E-state index in [1.54, 1.807) is 0 Å². The van der Waals surface area contributed by atoms with Gasteiger partial charge in [-0.2, -0.15) is 0 Å². The lowest BCUT2D eigenvalue weighted by atomic mass is 9.93. The molecule has 2 aliphatic heterocycles. The van der Waals surface area contributed by atoms with E-state index in [1.165, 1.54) is 24.9 Å². The number of likely N-dealkylation sites (tertiary alicyclic amines) is 1. The molecule has 3 rings (SSSR count). The standard InChI is InChI=1S/C18H28N2O/c1-2-16-10-14(8-9-21-16)11-20-12-17(18(19)13-20)15-6-4-3-5-7-15/h3-7,14,16-18H,2,8-13,19H2,1H3/t14?,16?,17-,18+/m0/s1. The summed E-state index contributed by atoms with van der Waals surface area (Å²) in [5.74, 6) is 1.28. The molecule has 0 bridgehead atoms. The van der Waals surface area contributed by atoms with Crippen LogP contribution in [0, 0.1) is 5.92 Å². The van der Waals surface area contributed by atoms with Crippen molar-refractivity contribution in [2.24, 2.45) is 11.7 Å². The maximum atomic E-state index is 6.39. The molecule has 0 spiro atoms. The van der Waals surface area contributed by atoms with Crippen LogP contribution in [0.1, 0.15) is 37.7 Å². The third kappa shape index (κ3) is 3.65. The van der Waals surface area contributed by atoms with Crippen molar-refractivity contribution >= 4 is 0 Å². The van der Waals surface area contributed by atoms with Crippen molar-refractivity contribution in [2.75, 3.05) is 26.2 Å². The van der Waals surface area contributed by atoms with Crippen molar-refractivity contribution in [3.63, 3.8) is 0 Å². The average molecular weight is 288 g/mol. The third-order valence-corrected chi connectivity index (χ3v) is 5.12. The summed E-state index contributed by atoms with van der Waals surface area (Å²) in [6.07, 6.45) is 4.05. The fraction of sp³-hybridized carbons (Fsp3) is 0.667. The van der Waals surface area contributed by atoms with Gasteiger partial charge in [0.1, 0.15) is 0 Å². The monoisotopic (exact) mass is 288 g/mol. The number of ether oxygens (including phenoxy) is 1. The van der Waals surface area contributed by atoms with Crippen molar-refractivity contribution in [3.8, 4) is 0 Å². The van der Waals surface area contributed by atoms with Gasteiger partial charge < -0.3 is 15.4 Å². The van der Waals surface area contributed by atoms with Crippen molar-refractivity contribution in [3.05, 3.63) is 35.9 Å². The van der Waals surface area contributed by atoms with Crippen LogP contribution in [-0.4, -0.2) is 43.3 Å². The smallest absolute Gasteiger partial charge is 0.0575 e. The zero-order chi connectivity index (χ0) is 14.7. The van der Waals surface area contributed by atoms with Gasteiger partial charge in [-0.1, -0.05) is 37.3 Å². The molecule has 2 N–H and O–H groups in total. The Morgan fingerprint density at radius 3 is 2.81 bits per heavy atom. The Labute approximate surface area is 128 Å². The minimum atomic E-state index is 0.272. The molecule has 1 aromatic rings. The highest BCUT2D eigenvalue weighted by molar-refractivity contribution is 5.23. The van der Waals surface area contributed by atoms with Crippen LogP contribution in [0.3, 0.4) is 0 Å². The van der Waals surface area contributed by atoms with Crippen molar-refractivity contribution in [2.45, 2.75) is 44.2 Å². The van der Waals surface area contributed by atoms with Gasteiger partial charge in [0.25, 0.3) is 0 Å². The first-order valence-electron chi connectivity index (χ1n) is 8.40. The van der Waals surface area contributed by atoms with E-state index in [1.807, 2.05) is 0 Å². The Bertz CT molecular complexity index is 436. The molecule has 0 radical (unpaired) electrons. The summed E-state index contributed by atoms with van der Waals surface area (Å²) < 4.78 is 5.79. The lowest BCUT2D eigenvalue weighted by Crippen LogP contribution is -2.35. The summed E-state index contributed by atoms with van der Waals surface area (Å²) in [5.41, 5.74) is 7.79. The quantitative estimate of drug-likeness (QED) is 0.925. The lowest BCUT2D eigenvalue weighted by molar-refractivity contribution is -0.0164. The summed E-state index contributed by atoms with van der Waals surface area (Å²) >= 11 is 0. The van der Waals surface area contributed by atoms with Crippen LogP contribution in [0.5, 0.6) is 0 Å². The average Bonchev–Trinajstić information content (AvgIpc) is 2.89. The molecule has 2 heterocycles. The van der Waals surface area contributed by atoms with Crippen LogP contribution in [0.4, 0.5) is 0 Å². The Balaban J connectivity index is 1.56. The lowest BCUT2D eigenvalue weighted by Gasteiger charge is -2.31. The zero-order valence-electron chi connectivity index (χ0n) is 13.1. The number of nitrogens with two attached hydrogens (primary N) is 1. The molecule has 1 aromatic carbocycles. The summed E-state index contributed by atoms with van der Waals surface area (Å²) in [6.45, 7) is 6.50. The molecule has 2 fully saturated rings. The summed E-state index contributed by atoms with van der Waals surface area (Å²) in [5, 5.41) is 0. The predicted octanol–water partition coefficient (Wildman–Crippen LogP) is 2.62. The second-order valence-corrected chi connectivity index (χ2v) is 6.69. The molecular formula is C18H28N2O. The van der Waals surface area contributed by atoms with E-state index in [0.717, 1.165) is 32.0 Å². The minimum absolute atomic E-state index is 0.272. The van der Waals surface area contributed by atoms with Gasteiger partial charge in [-0.05, 0) is 30.7 Å². The van der Waals surface area contributed by atoms with Crippen LogP contribution < -0.4 is 5.73 Å². The van der Waals surface area contributed by atoms with Crippen LogP contribution in [0.2, 0.25) is 0 Å². The third-order valence-electron chi connectivity index (χ3n) is 5.12. The largest absolute Gasteiger partial charge is 0.378 e. The number of rotatable bonds is 4. The highest BCUT2D eigenvalue weighted by Gasteiger charge is 2.33. The van der Waals surface area contributed by atoms with E-state index in [4.69, 9.17) is 10.5 Å². The SMILES string of the molecule is CCC1CC(CN2C[C@@H](N)[C@H](c3ccccc3)C2)CCO1. The Kier molecular flexibility index (Phi) is 4.94. The molecule has 21 heavy (non-hydrogen) atoms. The van der Waals surface area contributed by atoms with Crippen molar-refractivity contribution < 1.29 is 4.74 Å². The molecule has 0 amide bonds. The minimum Gasteiger partial charge on any atom is -0.378 e. The summed E-state index contributed by atoms with van der Waals surface area (Å²) in [6, 6.07) is 11.0. The molecule has 0 aromatic heterocycles. The zero-order valence-corrected chi connectivity index (χ0v) is 13.1. The van der Waals surface area contributed by atoms with Gasteiger partial charge in [-0.15, -0.1) is 0 Å². The van der Waals surface area contributed by atoms with Crippen LogP contribution in [0.25, 0.3) is 0 Å². The molecule has 116 valence electrons. The van der Waals surface area contributed by atoms with Gasteiger partial charge in [0, 0.05) is 38.2 Å². The highest BCUT2D eigenvalue weighted by atomic mass is 16.5. The molecule has 3 nitrogen and oxygen atoms in total. The fourth-order valence-electron chi connectivity index (χ4n) is 3.89. The van der Waals surface area contributed by atoms with Crippen LogP contribution >= 0.6 is 0 Å². The first-order chi connectivity index (χ1) is 10.3. The summed E-state index contributed by atoms with van der Waals surface area (Å²) in [7, 11) is 0. The molecular weight excluding hydrogens is 260 g/mol. The molecule has 2 saturated heterocycles. The van der Waals surface area contributed by atoms with Gasteiger partial charge in [0.2, 0.25) is 0 Å². The fourth-order valence-corrected chi connectivity index (χ4v) is 3.89. The van der Waals surface area contributed by atoms with E-state index >= 15 is 0 Å². The molecule has 2 aliphatic rings. The van der Waals surface area contributed by atoms with Gasteiger partial charge in [0.15, 0.2) is 0 Å². The van der Waals surface area contributed by atoms with E-state index in [9.17, 15) is 0 Å². The van der Waals surface area contributed by atoms with Gasteiger partial charge in [-0.3, -0.25) is 0 Å². The first-order valence-corrected chi connectivity index (χ1v) is 8.40. The van der Waals surface area contributed by atoms with Crippen molar-refractivity contribution in [1.82, 2.24) is 4.90 Å². The highest BCUT2D eigenvalue weighted by Crippen LogP contribution is 2.29. The van der Waals surface area contributed by atoms with E-state index < -0.39 is 0 Å². The number of nitrogens with zero attached hydrogens (tertiary/aromatic N) is 1. The Morgan fingerprint density at radius 1 is 1.24 bits per heavy atom. The maximum Gasteiger partial charge on any atom is 0.0575 e. The normalized spacial score (nSPS) is 34.2. The first kappa shape index (κ1) is 15.0. The second kappa shape index (κ2) is 6.91. The molecule has 0 saturated carbocycles. The Morgan fingerprint density at radius 2 is 2.05 bits per heavy atom. The predicted molar refractivity (Wildman–Crippen MR) is 86.4 cm³/mol. The topological polar surface area (TPSA) is 38.5 Å². The van der Waals surface area contributed by atoms with E-state index in [0.29, 0.717) is 12.0 Å². The number of benzene rings is 1. The second-order valence-electron chi connectivity index (χ2n) is 6.69.